The van der Waals surface area contributed by atoms with Gasteiger partial charge in [0.25, 0.3) is 5.91 Å². The summed E-state index contributed by atoms with van der Waals surface area (Å²) in [6.07, 6.45) is 2.48. The number of halogens is 1. The van der Waals surface area contributed by atoms with Gasteiger partial charge in [-0.05, 0) is 56.9 Å². The van der Waals surface area contributed by atoms with E-state index in [0.29, 0.717) is 34.1 Å². The first-order valence-corrected chi connectivity index (χ1v) is 8.08. The smallest absolute Gasteiger partial charge is 0.276 e. The van der Waals surface area contributed by atoms with Crippen LogP contribution >= 0.6 is 11.6 Å². The molecule has 0 radical (unpaired) electrons. The van der Waals surface area contributed by atoms with Crippen molar-refractivity contribution in [2.75, 3.05) is 12.4 Å². The van der Waals surface area contributed by atoms with Gasteiger partial charge in [0, 0.05) is 10.7 Å². The zero-order valence-electron chi connectivity index (χ0n) is 13.5. The Bertz CT molecular complexity index is 737. The SMILES string of the molecule is COc1ccc(Cl)cc1NC(=O)c1cc(C)n([C@@H](C)C2CC2)n1. The quantitative estimate of drug-likeness (QED) is 0.897. The minimum atomic E-state index is -0.268. The summed E-state index contributed by atoms with van der Waals surface area (Å²) in [6, 6.07) is 7.24. The summed E-state index contributed by atoms with van der Waals surface area (Å²) in [5.74, 6) is 0.971. The third-order valence-electron chi connectivity index (χ3n) is 4.25. The van der Waals surface area contributed by atoms with Crippen LogP contribution in [0.2, 0.25) is 5.02 Å². The molecule has 5 nitrogen and oxygen atoms in total. The molecule has 0 saturated heterocycles. The van der Waals surface area contributed by atoms with E-state index >= 15 is 0 Å². The van der Waals surface area contributed by atoms with Crippen LogP contribution in [0, 0.1) is 12.8 Å². The largest absolute Gasteiger partial charge is 0.495 e. The maximum Gasteiger partial charge on any atom is 0.276 e. The molecular formula is C17H20ClN3O2. The summed E-state index contributed by atoms with van der Waals surface area (Å²) >= 11 is 5.99. The molecule has 1 saturated carbocycles. The summed E-state index contributed by atoms with van der Waals surface area (Å²) in [7, 11) is 1.55. The van der Waals surface area contributed by atoms with Gasteiger partial charge >= 0.3 is 0 Å². The molecule has 1 aromatic carbocycles. The van der Waals surface area contributed by atoms with Crippen LogP contribution in [0.4, 0.5) is 5.69 Å². The summed E-state index contributed by atoms with van der Waals surface area (Å²) in [5.41, 5.74) is 1.93. The van der Waals surface area contributed by atoms with Gasteiger partial charge in [-0.1, -0.05) is 11.6 Å². The topological polar surface area (TPSA) is 56.1 Å². The summed E-state index contributed by atoms with van der Waals surface area (Å²) in [6.45, 7) is 4.13. The molecule has 1 aliphatic carbocycles. The van der Waals surface area contributed by atoms with Crippen LogP contribution in [0.15, 0.2) is 24.3 Å². The number of nitrogens with zero attached hydrogens (tertiary/aromatic N) is 2. The molecule has 1 aliphatic rings. The van der Waals surface area contributed by atoms with E-state index in [2.05, 4.69) is 17.3 Å². The standard InChI is InChI=1S/C17H20ClN3O2/c1-10-8-15(20-21(10)11(2)12-4-5-12)17(22)19-14-9-13(18)6-7-16(14)23-3/h6-9,11-12H,4-5H2,1-3H3,(H,19,22)/t11-/m0/s1. The first-order chi connectivity index (χ1) is 11.0. The van der Waals surface area contributed by atoms with Gasteiger partial charge in [-0.2, -0.15) is 5.10 Å². The van der Waals surface area contributed by atoms with Crippen LogP contribution in [0.25, 0.3) is 0 Å². The number of hydrogen-bond acceptors (Lipinski definition) is 3. The second kappa shape index (κ2) is 6.24. The molecule has 0 aliphatic heterocycles. The number of carbonyl (C=O) groups excluding carboxylic acids is 1. The molecular weight excluding hydrogens is 314 g/mol. The fourth-order valence-electron chi connectivity index (χ4n) is 2.75. The molecule has 122 valence electrons. The van der Waals surface area contributed by atoms with E-state index < -0.39 is 0 Å². The van der Waals surface area contributed by atoms with Crippen molar-refractivity contribution in [3.8, 4) is 5.75 Å². The lowest BCUT2D eigenvalue weighted by Crippen LogP contribution is -2.15. The Kier molecular flexibility index (Phi) is 4.31. The molecule has 0 unspecified atom stereocenters. The number of rotatable bonds is 5. The lowest BCUT2D eigenvalue weighted by molar-refractivity contribution is 0.102. The fourth-order valence-corrected chi connectivity index (χ4v) is 2.93. The molecule has 1 atom stereocenters. The van der Waals surface area contributed by atoms with Gasteiger partial charge in [-0.3, -0.25) is 9.48 Å². The Morgan fingerprint density at radius 1 is 1.43 bits per heavy atom. The highest BCUT2D eigenvalue weighted by molar-refractivity contribution is 6.31. The number of methoxy groups -OCH3 is 1. The number of nitrogens with one attached hydrogen (secondary N) is 1. The number of aromatic nitrogens is 2. The molecule has 1 N–H and O–H groups in total. The third-order valence-corrected chi connectivity index (χ3v) is 4.49. The van der Waals surface area contributed by atoms with Crippen molar-refractivity contribution in [1.82, 2.24) is 9.78 Å². The summed E-state index contributed by atoms with van der Waals surface area (Å²) < 4.78 is 7.19. The van der Waals surface area contributed by atoms with E-state index in [1.54, 1.807) is 25.3 Å². The number of ether oxygens (including phenoxy) is 1. The number of aryl methyl sites for hydroxylation is 1. The number of amides is 1. The maximum absolute atomic E-state index is 12.5. The van der Waals surface area contributed by atoms with Gasteiger partial charge < -0.3 is 10.1 Å². The van der Waals surface area contributed by atoms with E-state index in [-0.39, 0.29) is 5.91 Å². The molecule has 1 heterocycles. The number of anilines is 1. The van der Waals surface area contributed by atoms with Crippen LogP contribution in [-0.2, 0) is 0 Å². The summed E-state index contributed by atoms with van der Waals surface area (Å²) in [5, 5.41) is 7.83. The van der Waals surface area contributed by atoms with Crippen LogP contribution in [0.5, 0.6) is 5.75 Å². The normalized spacial score (nSPS) is 15.3. The van der Waals surface area contributed by atoms with E-state index in [4.69, 9.17) is 16.3 Å². The van der Waals surface area contributed by atoms with Crippen molar-refractivity contribution >= 4 is 23.2 Å². The van der Waals surface area contributed by atoms with E-state index in [1.807, 2.05) is 17.7 Å². The highest BCUT2D eigenvalue weighted by Gasteiger charge is 2.31. The second-order valence-corrected chi connectivity index (χ2v) is 6.43. The molecule has 1 fully saturated rings. The average molecular weight is 334 g/mol. The van der Waals surface area contributed by atoms with Crippen LogP contribution in [0.1, 0.15) is 42.0 Å². The number of carbonyl (C=O) groups is 1. The monoisotopic (exact) mass is 333 g/mol. The molecule has 6 heteroatoms. The van der Waals surface area contributed by atoms with Gasteiger partial charge in [0.2, 0.25) is 0 Å². The summed E-state index contributed by atoms with van der Waals surface area (Å²) in [4.78, 5) is 12.5. The molecule has 23 heavy (non-hydrogen) atoms. The van der Waals surface area contributed by atoms with Crippen molar-refractivity contribution in [3.63, 3.8) is 0 Å². The highest BCUT2D eigenvalue weighted by Crippen LogP contribution is 2.39. The van der Waals surface area contributed by atoms with Gasteiger partial charge in [-0.25, -0.2) is 0 Å². The van der Waals surface area contributed by atoms with Crippen LogP contribution in [0.3, 0.4) is 0 Å². The Labute approximate surface area is 140 Å². The van der Waals surface area contributed by atoms with Gasteiger partial charge in [-0.15, -0.1) is 0 Å². The van der Waals surface area contributed by atoms with Gasteiger partial charge in [0.15, 0.2) is 5.69 Å². The van der Waals surface area contributed by atoms with Crippen molar-refractivity contribution in [2.45, 2.75) is 32.7 Å². The predicted molar refractivity (Wildman–Crippen MR) is 90.4 cm³/mol. The maximum atomic E-state index is 12.5. The van der Waals surface area contributed by atoms with E-state index in [9.17, 15) is 4.79 Å². The molecule has 1 amide bonds. The lowest BCUT2D eigenvalue weighted by Gasteiger charge is -2.12. The lowest BCUT2D eigenvalue weighted by atomic mass is 10.2. The fraction of sp³-hybridized carbons (Fsp3) is 0.412. The van der Waals surface area contributed by atoms with E-state index in [1.165, 1.54) is 12.8 Å². The average Bonchev–Trinajstić information content (AvgIpc) is 3.29. The van der Waals surface area contributed by atoms with E-state index in [0.717, 1.165) is 5.69 Å². The Balaban J connectivity index is 1.81. The van der Waals surface area contributed by atoms with Crippen LogP contribution in [-0.4, -0.2) is 22.8 Å². The highest BCUT2D eigenvalue weighted by atomic mass is 35.5. The molecule has 0 bridgehead atoms. The Morgan fingerprint density at radius 3 is 2.83 bits per heavy atom. The first kappa shape index (κ1) is 15.9. The van der Waals surface area contributed by atoms with Gasteiger partial charge in [0.1, 0.15) is 5.75 Å². The van der Waals surface area contributed by atoms with Crippen molar-refractivity contribution in [1.29, 1.82) is 0 Å². The molecule has 1 aromatic heterocycles. The number of benzene rings is 1. The van der Waals surface area contributed by atoms with Crippen molar-refractivity contribution < 1.29 is 9.53 Å². The Morgan fingerprint density at radius 2 is 2.17 bits per heavy atom. The minimum Gasteiger partial charge on any atom is -0.495 e. The van der Waals surface area contributed by atoms with Crippen molar-refractivity contribution in [3.05, 3.63) is 40.7 Å². The van der Waals surface area contributed by atoms with Gasteiger partial charge in [0.05, 0.1) is 18.8 Å². The minimum absolute atomic E-state index is 0.268. The molecule has 0 spiro atoms. The number of hydrogen-bond donors (Lipinski definition) is 1. The first-order valence-electron chi connectivity index (χ1n) is 7.70. The van der Waals surface area contributed by atoms with Crippen LogP contribution < -0.4 is 10.1 Å². The second-order valence-electron chi connectivity index (χ2n) is 5.99. The zero-order chi connectivity index (χ0) is 16.6. The molecule has 2 aromatic rings. The zero-order valence-corrected chi connectivity index (χ0v) is 14.2. The third kappa shape index (κ3) is 3.34. The van der Waals surface area contributed by atoms with Crippen molar-refractivity contribution in [2.24, 2.45) is 5.92 Å². The molecule has 3 rings (SSSR count). The Hall–Kier alpha value is -2.01. The predicted octanol–water partition coefficient (Wildman–Crippen LogP) is 4.08.